The second-order valence-corrected chi connectivity index (χ2v) is 10.3. The van der Waals surface area contributed by atoms with Gasteiger partial charge in [-0.25, -0.2) is 0 Å². The first-order chi connectivity index (χ1) is 17.9. The topological polar surface area (TPSA) is 71.2 Å². The van der Waals surface area contributed by atoms with E-state index in [0.29, 0.717) is 41.5 Å². The highest BCUT2D eigenvalue weighted by atomic mass is 35.5. The van der Waals surface area contributed by atoms with E-state index in [-0.39, 0.29) is 5.91 Å². The zero-order valence-electron chi connectivity index (χ0n) is 20.3. The summed E-state index contributed by atoms with van der Waals surface area (Å²) in [6, 6.07) is 24.8. The van der Waals surface area contributed by atoms with Gasteiger partial charge in [-0.2, -0.15) is 4.68 Å². The number of nitrogens with zero attached hydrogens (tertiary/aromatic N) is 4. The van der Waals surface area contributed by atoms with Crippen LogP contribution in [0, 0.1) is 0 Å². The van der Waals surface area contributed by atoms with E-state index in [2.05, 4.69) is 15.2 Å². The summed E-state index contributed by atoms with van der Waals surface area (Å²) in [5.74, 6) is -0.652. The highest BCUT2D eigenvalue weighted by molar-refractivity contribution is 6.42. The maximum absolute atomic E-state index is 13.7. The van der Waals surface area contributed by atoms with Gasteiger partial charge >= 0.3 is 0 Å². The molecule has 0 spiro atoms. The summed E-state index contributed by atoms with van der Waals surface area (Å²) < 4.78 is 1.32. The Kier molecular flexibility index (Phi) is 7.72. The molecule has 1 aliphatic rings. The van der Waals surface area contributed by atoms with E-state index in [4.69, 9.17) is 23.2 Å². The normalized spacial score (nSPS) is 16.4. The molecule has 190 valence electrons. The lowest BCUT2D eigenvalue weighted by molar-refractivity contribution is -0.0263. The summed E-state index contributed by atoms with van der Waals surface area (Å²) in [6.07, 6.45) is 3.53. The number of aliphatic hydroxyl groups is 1. The van der Waals surface area contributed by atoms with Crippen LogP contribution in [-0.2, 0) is 5.60 Å². The summed E-state index contributed by atoms with van der Waals surface area (Å²) in [6.45, 7) is 2.19. The van der Waals surface area contributed by atoms with Gasteiger partial charge in [0.2, 0.25) is 0 Å². The molecule has 0 bridgehead atoms. The first-order valence-electron chi connectivity index (χ1n) is 12.4. The Bertz CT molecular complexity index is 1350. The van der Waals surface area contributed by atoms with Crippen molar-refractivity contribution in [2.24, 2.45) is 0 Å². The van der Waals surface area contributed by atoms with Crippen LogP contribution < -0.4 is 0 Å². The molecule has 0 saturated carbocycles. The van der Waals surface area contributed by atoms with E-state index in [1.165, 1.54) is 4.68 Å². The molecule has 1 N–H and O–H groups in total. The quantitative estimate of drug-likeness (QED) is 0.312. The first-order valence-corrected chi connectivity index (χ1v) is 13.2. The van der Waals surface area contributed by atoms with Crippen LogP contribution in [0.1, 0.15) is 41.1 Å². The molecular formula is C29H28Cl2N4O2. The summed E-state index contributed by atoms with van der Waals surface area (Å²) in [5.41, 5.74) is 2.46. The molecular weight excluding hydrogens is 507 g/mol. The van der Waals surface area contributed by atoms with Crippen molar-refractivity contribution in [1.82, 2.24) is 19.9 Å². The van der Waals surface area contributed by atoms with Crippen LogP contribution in [0.5, 0.6) is 0 Å². The molecule has 1 atom stereocenters. The largest absolute Gasteiger partial charge is 0.385 e. The second kappa shape index (κ2) is 11.2. The number of benzene rings is 3. The predicted octanol–water partition coefficient (Wildman–Crippen LogP) is 6.05. The molecule has 1 saturated heterocycles. The van der Waals surface area contributed by atoms with Gasteiger partial charge in [-0.05, 0) is 49.1 Å². The number of aromatic nitrogens is 3. The lowest BCUT2D eigenvalue weighted by Gasteiger charge is -2.39. The lowest BCUT2D eigenvalue weighted by Crippen LogP contribution is -2.43. The summed E-state index contributed by atoms with van der Waals surface area (Å²) in [7, 11) is 0. The van der Waals surface area contributed by atoms with Crippen LogP contribution in [0.2, 0.25) is 10.0 Å². The molecule has 3 aromatic carbocycles. The summed E-state index contributed by atoms with van der Waals surface area (Å²) in [5, 5.41) is 20.4. The average Bonchev–Trinajstić information content (AvgIpc) is 3.43. The van der Waals surface area contributed by atoms with Crippen LogP contribution in [0.4, 0.5) is 0 Å². The molecule has 4 aromatic rings. The van der Waals surface area contributed by atoms with Gasteiger partial charge in [-0.1, -0.05) is 95.1 Å². The molecule has 1 unspecified atom stereocenters. The minimum Gasteiger partial charge on any atom is -0.385 e. The number of carbonyl (C=O) groups excluding carboxylic acids is 1. The fourth-order valence-electron chi connectivity index (χ4n) is 4.93. The molecule has 6 nitrogen and oxygen atoms in total. The SMILES string of the molecule is O=C(C(CCN1CCC(O)(c2ccccc2)CC1)c1ccc(Cl)c(Cl)c1)n1cc(-c2ccccc2)nn1. The van der Waals surface area contributed by atoms with E-state index in [1.54, 1.807) is 18.3 Å². The molecule has 1 aromatic heterocycles. The first kappa shape index (κ1) is 25.6. The second-order valence-electron chi connectivity index (χ2n) is 9.51. The highest BCUT2D eigenvalue weighted by Crippen LogP contribution is 2.34. The van der Waals surface area contributed by atoms with Crippen molar-refractivity contribution in [3.8, 4) is 11.3 Å². The summed E-state index contributed by atoms with van der Waals surface area (Å²) in [4.78, 5) is 16.0. The zero-order valence-corrected chi connectivity index (χ0v) is 21.8. The van der Waals surface area contributed by atoms with Crippen molar-refractivity contribution in [3.05, 3.63) is 106 Å². The molecule has 0 aliphatic carbocycles. The van der Waals surface area contributed by atoms with Gasteiger partial charge in [0.05, 0.1) is 27.8 Å². The molecule has 0 radical (unpaired) electrons. The van der Waals surface area contributed by atoms with Crippen molar-refractivity contribution >= 4 is 29.1 Å². The Morgan fingerprint density at radius 3 is 2.30 bits per heavy atom. The number of likely N-dealkylation sites (tertiary alicyclic amines) is 1. The van der Waals surface area contributed by atoms with Crippen molar-refractivity contribution in [3.63, 3.8) is 0 Å². The summed E-state index contributed by atoms with van der Waals surface area (Å²) >= 11 is 12.5. The van der Waals surface area contributed by atoms with Gasteiger partial charge in [0.25, 0.3) is 5.91 Å². The van der Waals surface area contributed by atoms with Gasteiger partial charge in [0.15, 0.2) is 0 Å². The van der Waals surface area contributed by atoms with Gasteiger partial charge < -0.3 is 10.0 Å². The Morgan fingerprint density at radius 2 is 1.62 bits per heavy atom. The fraction of sp³-hybridized carbons (Fsp3) is 0.276. The maximum atomic E-state index is 13.7. The van der Waals surface area contributed by atoms with Crippen molar-refractivity contribution in [1.29, 1.82) is 0 Å². The van der Waals surface area contributed by atoms with E-state index < -0.39 is 11.5 Å². The van der Waals surface area contributed by atoms with Crippen LogP contribution in [0.15, 0.2) is 85.1 Å². The van der Waals surface area contributed by atoms with E-state index in [0.717, 1.165) is 29.8 Å². The van der Waals surface area contributed by atoms with Crippen molar-refractivity contribution in [2.45, 2.75) is 30.8 Å². The number of halogens is 2. The minimum atomic E-state index is -0.814. The van der Waals surface area contributed by atoms with Gasteiger partial charge in [0, 0.05) is 18.7 Å². The maximum Gasteiger partial charge on any atom is 0.255 e. The lowest BCUT2D eigenvalue weighted by atomic mass is 9.84. The van der Waals surface area contributed by atoms with Crippen molar-refractivity contribution in [2.75, 3.05) is 19.6 Å². The molecule has 2 heterocycles. The third kappa shape index (κ3) is 5.78. The monoisotopic (exact) mass is 534 g/mol. The Morgan fingerprint density at radius 1 is 0.946 bits per heavy atom. The number of carbonyl (C=O) groups is 1. The molecule has 1 fully saturated rings. The molecule has 0 amide bonds. The van der Waals surface area contributed by atoms with Gasteiger partial charge in [-0.15, -0.1) is 5.10 Å². The standard InChI is InChI=1S/C29H28Cl2N4O2/c30-25-12-11-22(19-26(25)31)24(28(36)35-20-27(32-33-35)21-7-3-1-4-8-21)13-16-34-17-14-29(37,15-18-34)23-9-5-2-6-10-23/h1-12,19-20,24,37H,13-18H2. The van der Waals surface area contributed by atoms with Crippen LogP contribution in [0.25, 0.3) is 11.3 Å². The van der Waals surface area contributed by atoms with Crippen LogP contribution in [-0.4, -0.2) is 50.5 Å². The third-order valence-corrected chi connectivity index (χ3v) is 7.90. The molecule has 37 heavy (non-hydrogen) atoms. The molecule has 1 aliphatic heterocycles. The molecule has 8 heteroatoms. The van der Waals surface area contributed by atoms with Crippen LogP contribution >= 0.6 is 23.2 Å². The Labute approximate surface area is 226 Å². The predicted molar refractivity (Wildman–Crippen MR) is 146 cm³/mol. The third-order valence-electron chi connectivity index (χ3n) is 7.16. The fourth-order valence-corrected chi connectivity index (χ4v) is 5.24. The number of hydrogen-bond acceptors (Lipinski definition) is 5. The number of piperidine rings is 1. The smallest absolute Gasteiger partial charge is 0.255 e. The highest BCUT2D eigenvalue weighted by Gasteiger charge is 2.34. The number of rotatable bonds is 7. The zero-order chi connectivity index (χ0) is 25.8. The minimum absolute atomic E-state index is 0.175. The van der Waals surface area contributed by atoms with E-state index >= 15 is 0 Å². The van der Waals surface area contributed by atoms with E-state index in [1.807, 2.05) is 66.7 Å². The van der Waals surface area contributed by atoms with Gasteiger partial charge in [0.1, 0.15) is 5.69 Å². The number of hydrogen-bond donors (Lipinski definition) is 1. The van der Waals surface area contributed by atoms with Crippen LogP contribution in [0.3, 0.4) is 0 Å². The molecule has 5 rings (SSSR count). The Balaban J connectivity index is 1.32. The van der Waals surface area contributed by atoms with Gasteiger partial charge in [-0.3, -0.25) is 4.79 Å². The van der Waals surface area contributed by atoms with E-state index in [9.17, 15) is 9.90 Å². The average molecular weight is 535 g/mol. The Hall–Kier alpha value is -3.03. The van der Waals surface area contributed by atoms with Crippen molar-refractivity contribution < 1.29 is 9.90 Å².